The van der Waals surface area contributed by atoms with Crippen LogP contribution >= 0.6 is 0 Å². The van der Waals surface area contributed by atoms with Gasteiger partial charge in [-0.05, 0) is 61.1 Å². The van der Waals surface area contributed by atoms with E-state index in [4.69, 9.17) is 4.74 Å². The molecule has 0 N–H and O–H groups in total. The number of benzene rings is 1. The summed E-state index contributed by atoms with van der Waals surface area (Å²) in [7, 11) is -3.61. The van der Waals surface area contributed by atoms with Crippen molar-refractivity contribution < 1.29 is 17.9 Å². The fraction of sp³-hybridized carbons (Fsp3) is 0.429. The summed E-state index contributed by atoms with van der Waals surface area (Å²) in [6.45, 7) is 1.48. The first-order valence-corrected chi connectivity index (χ1v) is 11.5. The maximum Gasteiger partial charge on any atom is 0.243 e. The third-order valence-corrected chi connectivity index (χ3v) is 7.80. The second-order valence-corrected chi connectivity index (χ2v) is 9.75. The molecule has 1 amide bonds. The van der Waals surface area contributed by atoms with Crippen molar-refractivity contribution >= 4 is 21.6 Å². The van der Waals surface area contributed by atoms with Crippen LogP contribution in [0.5, 0.6) is 5.75 Å². The molecule has 0 saturated carbocycles. The number of carbonyl (C=O) groups is 1. The molecule has 8 heteroatoms. The predicted octanol–water partition coefficient (Wildman–Crippen LogP) is 2.15. The highest BCUT2D eigenvalue weighted by atomic mass is 32.2. The van der Waals surface area contributed by atoms with Gasteiger partial charge in [-0.15, -0.1) is 0 Å². The normalized spacial score (nSPS) is 21.9. The molecule has 3 aliphatic rings. The van der Waals surface area contributed by atoms with Gasteiger partial charge < -0.3 is 9.64 Å². The molecule has 0 aliphatic carbocycles. The standard InChI is InChI=1S/C21H23N3O4S/c25-20-4-3-15-12-19(13-16-7-11-24(20)21(15)16)29(26,27)23-10-1-2-18(14-23)28-17-5-8-22-9-6-17/h5-6,8-9,12-13,18H,1-4,7,10-11,14H2. The number of sulfonamides is 1. The van der Waals surface area contributed by atoms with Crippen molar-refractivity contribution in [3.05, 3.63) is 47.8 Å². The number of hydrogen-bond acceptors (Lipinski definition) is 5. The van der Waals surface area contributed by atoms with E-state index in [-0.39, 0.29) is 12.0 Å². The molecule has 0 radical (unpaired) electrons. The van der Waals surface area contributed by atoms with Gasteiger partial charge in [-0.25, -0.2) is 8.42 Å². The van der Waals surface area contributed by atoms with Crippen LogP contribution in [-0.2, 0) is 27.7 Å². The number of anilines is 1. The number of carbonyl (C=O) groups excluding carboxylic acids is 1. The first-order valence-electron chi connectivity index (χ1n) is 10.1. The lowest BCUT2D eigenvalue weighted by molar-refractivity contribution is -0.118. The molecule has 29 heavy (non-hydrogen) atoms. The lowest BCUT2D eigenvalue weighted by Gasteiger charge is -2.32. The molecule has 7 nitrogen and oxygen atoms in total. The molecular formula is C21H23N3O4S. The van der Waals surface area contributed by atoms with Crippen molar-refractivity contribution in [3.8, 4) is 5.75 Å². The number of hydrogen-bond donors (Lipinski definition) is 0. The zero-order chi connectivity index (χ0) is 20.0. The van der Waals surface area contributed by atoms with E-state index in [9.17, 15) is 13.2 Å². The van der Waals surface area contributed by atoms with E-state index in [1.54, 1.807) is 36.7 Å². The van der Waals surface area contributed by atoms with Crippen LogP contribution in [-0.4, -0.2) is 49.4 Å². The number of rotatable bonds is 4. The van der Waals surface area contributed by atoms with Crippen LogP contribution in [0.15, 0.2) is 41.6 Å². The largest absolute Gasteiger partial charge is 0.489 e. The summed E-state index contributed by atoms with van der Waals surface area (Å²) in [6.07, 6.45) is 6.49. The van der Waals surface area contributed by atoms with E-state index in [0.717, 1.165) is 29.7 Å². The third kappa shape index (κ3) is 3.30. The molecule has 1 unspecified atom stereocenters. The molecule has 152 valence electrons. The van der Waals surface area contributed by atoms with Gasteiger partial charge >= 0.3 is 0 Å². The molecule has 1 saturated heterocycles. The molecular weight excluding hydrogens is 390 g/mol. The number of aryl methyl sites for hydroxylation is 1. The Morgan fingerprint density at radius 3 is 2.59 bits per heavy atom. The highest BCUT2D eigenvalue weighted by Crippen LogP contribution is 2.39. The number of aromatic nitrogens is 1. The van der Waals surface area contributed by atoms with E-state index in [1.165, 1.54) is 4.31 Å². The Bertz CT molecular complexity index is 1060. The highest BCUT2D eigenvalue weighted by Gasteiger charge is 2.36. The molecule has 1 aromatic heterocycles. The lowest BCUT2D eigenvalue weighted by Crippen LogP contribution is -2.44. The fourth-order valence-electron chi connectivity index (χ4n) is 4.55. The molecule has 2 aromatic rings. The minimum absolute atomic E-state index is 0.138. The van der Waals surface area contributed by atoms with Gasteiger partial charge in [-0.3, -0.25) is 9.78 Å². The molecule has 1 atom stereocenters. The second kappa shape index (κ2) is 7.11. The number of pyridine rings is 1. The molecule has 0 bridgehead atoms. The van der Waals surface area contributed by atoms with Gasteiger partial charge in [0.05, 0.1) is 17.1 Å². The quantitative estimate of drug-likeness (QED) is 0.767. The summed E-state index contributed by atoms with van der Waals surface area (Å²) in [6, 6.07) is 7.10. The molecule has 3 aliphatic heterocycles. The van der Waals surface area contributed by atoms with Crippen molar-refractivity contribution in [1.82, 2.24) is 9.29 Å². The topological polar surface area (TPSA) is 79.8 Å². The summed E-state index contributed by atoms with van der Waals surface area (Å²) < 4.78 is 34.3. The average molecular weight is 413 g/mol. The Morgan fingerprint density at radius 2 is 1.79 bits per heavy atom. The maximum atomic E-state index is 13.4. The Morgan fingerprint density at radius 1 is 1.03 bits per heavy atom. The summed E-state index contributed by atoms with van der Waals surface area (Å²) in [4.78, 5) is 18.2. The van der Waals surface area contributed by atoms with Crippen LogP contribution in [0.4, 0.5) is 5.69 Å². The van der Waals surface area contributed by atoms with Crippen LogP contribution in [0, 0.1) is 0 Å². The van der Waals surface area contributed by atoms with Gasteiger partial charge in [-0.2, -0.15) is 4.31 Å². The summed E-state index contributed by atoms with van der Waals surface area (Å²) >= 11 is 0. The van der Waals surface area contributed by atoms with Crippen molar-refractivity contribution in [3.63, 3.8) is 0 Å². The Kier molecular flexibility index (Phi) is 4.55. The van der Waals surface area contributed by atoms with Crippen LogP contribution in [0.1, 0.15) is 30.4 Å². The second-order valence-electron chi connectivity index (χ2n) is 7.81. The van der Waals surface area contributed by atoms with Gasteiger partial charge in [0.1, 0.15) is 11.9 Å². The molecule has 4 heterocycles. The van der Waals surface area contributed by atoms with E-state index < -0.39 is 10.0 Å². The average Bonchev–Trinajstić information content (AvgIpc) is 3.17. The van der Waals surface area contributed by atoms with Crippen LogP contribution in [0.25, 0.3) is 0 Å². The Labute approximate surface area is 170 Å². The predicted molar refractivity (Wildman–Crippen MR) is 107 cm³/mol. The smallest absolute Gasteiger partial charge is 0.243 e. The van der Waals surface area contributed by atoms with E-state index in [0.29, 0.717) is 49.5 Å². The third-order valence-electron chi connectivity index (χ3n) is 5.96. The van der Waals surface area contributed by atoms with Crippen molar-refractivity contribution in [2.75, 3.05) is 24.5 Å². The first-order chi connectivity index (χ1) is 14.0. The fourth-order valence-corrected chi connectivity index (χ4v) is 6.17. The molecule has 1 aromatic carbocycles. The minimum atomic E-state index is -3.61. The summed E-state index contributed by atoms with van der Waals surface area (Å²) in [5, 5.41) is 0. The number of nitrogens with zero attached hydrogens (tertiary/aromatic N) is 3. The van der Waals surface area contributed by atoms with Crippen molar-refractivity contribution in [2.24, 2.45) is 0 Å². The van der Waals surface area contributed by atoms with Gasteiger partial charge in [0.15, 0.2) is 0 Å². The van der Waals surface area contributed by atoms with E-state index in [2.05, 4.69) is 4.98 Å². The van der Waals surface area contributed by atoms with Crippen molar-refractivity contribution in [2.45, 2.75) is 43.1 Å². The summed E-state index contributed by atoms with van der Waals surface area (Å²) in [5.74, 6) is 0.843. The Hall–Kier alpha value is -2.45. The molecule has 0 spiro atoms. The number of ether oxygens (including phenoxy) is 1. The van der Waals surface area contributed by atoms with Gasteiger partial charge in [0.2, 0.25) is 15.9 Å². The van der Waals surface area contributed by atoms with Crippen LogP contribution in [0.2, 0.25) is 0 Å². The lowest BCUT2D eigenvalue weighted by atomic mass is 10.00. The van der Waals surface area contributed by atoms with E-state index >= 15 is 0 Å². The van der Waals surface area contributed by atoms with E-state index in [1.807, 2.05) is 4.90 Å². The highest BCUT2D eigenvalue weighted by molar-refractivity contribution is 7.89. The van der Waals surface area contributed by atoms with Crippen molar-refractivity contribution in [1.29, 1.82) is 0 Å². The molecule has 5 rings (SSSR count). The zero-order valence-corrected chi connectivity index (χ0v) is 16.9. The number of amides is 1. The summed E-state index contributed by atoms with van der Waals surface area (Å²) in [5.41, 5.74) is 2.88. The molecule has 1 fully saturated rings. The van der Waals surface area contributed by atoms with Gasteiger partial charge in [-0.1, -0.05) is 0 Å². The minimum Gasteiger partial charge on any atom is -0.489 e. The van der Waals surface area contributed by atoms with Gasteiger partial charge in [0.25, 0.3) is 0 Å². The number of piperidine rings is 1. The van der Waals surface area contributed by atoms with Gasteiger partial charge in [0, 0.05) is 31.9 Å². The Balaban J connectivity index is 1.40. The van der Waals surface area contributed by atoms with Crippen LogP contribution < -0.4 is 9.64 Å². The zero-order valence-electron chi connectivity index (χ0n) is 16.1. The van der Waals surface area contributed by atoms with Crippen LogP contribution in [0.3, 0.4) is 0 Å². The monoisotopic (exact) mass is 413 g/mol. The first kappa shape index (κ1) is 18.6. The SMILES string of the molecule is O=C1CCc2cc(S(=O)(=O)N3CCCC(Oc4ccncc4)C3)cc3c2N1CC3. The maximum absolute atomic E-state index is 13.4.